The lowest BCUT2D eigenvalue weighted by Crippen LogP contribution is -2.27. The highest BCUT2D eigenvalue weighted by atomic mass is 16.4. The van der Waals surface area contributed by atoms with Crippen molar-refractivity contribution in [2.24, 2.45) is 0 Å². The lowest BCUT2D eigenvalue weighted by atomic mass is 10.1. The Bertz CT molecular complexity index is 444. The van der Waals surface area contributed by atoms with Gasteiger partial charge >= 0.3 is 5.97 Å². The standard InChI is InChI=1S/C16H26N2O2/c1-12(2)18(4)11-6-5-10-17-15-13(3)8-7-9-14(15)16(19)20/h7-9,12,17H,5-6,10-11H2,1-4H3,(H,19,20). The third-order valence-corrected chi connectivity index (χ3v) is 3.62. The van der Waals surface area contributed by atoms with Crippen LogP contribution in [0.5, 0.6) is 0 Å². The van der Waals surface area contributed by atoms with Gasteiger partial charge in [0.15, 0.2) is 0 Å². The van der Waals surface area contributed by atoms with Crippen LogP contribution in [0, 0.1) is 6.92 Å². The molecule has 0 bridgehead atoms. The Balaban J connectivity index is 2.45. The summed E-state index contributed by atoms with van der Waals surface area (Å²) in [6.45, 7) is 8.17. The molecule has 4 heteroatoms. The van der Waals surface area contributed by atoms with E-state index in [4.69, 9.17) is 0 Å². The molecule has 1 aromatic carbocycles. The number of nitrogens with one attached hydrogen (secondary N) is 1. The lowest BCUT2D eigenvalue weighted by Gasteiger charge is -2.20. The fourth-order valence-electron chi connectivity index (χ4n) is 2.04. The highest BCUT2D eigenvalue weighted by molar-refractivity contribution is 5.95. The Labute approximate surface area is 121 Å². The van der Waals surface area contributed by atoms with Crippen molar-refractivity contribution in [2.45, 2.75) is 39.7 Å². The first-order chi connectivity index (χ1) is 9.43. The van der Waals surface area contributed by atoms with Crippen LogP contribution in [0.2, 0.25) is 0 Å². The topological polar surface area (TPSA) is 52.6 Å². The van der Waals surface area contributed by atoms with Gasteiger partial charge < -0.3 is 15.3 Å². The monoisotopic (exact) mass is 278 g/mol. The van der Waals surface area contributed by atoms with Crippen LogP contribution in [0.3, 0.4) is 0 Å². The van der Waals surface area contributed by atoms with Gasteiger partial charge in [0.2, 0.25) is 0 Å². The van der Waals surface area contributed by atoms with Gasteiger partial charge in [-0.2, -0.15) is 0 Å². The molecule has 1 rings (SSSR count). The third-order valence-electron chi connectivity index (χ3n) is 3.62. The van der Waals surface area contributed by atoms with Crippen LogP contribution in [0.4, 0.5) is 5.69 Å². The first kappa shape index (κ1) is 16.5. The van der Waals surface area contributed by atoms with E-state index in [0.29, 0.717) is 11.6 Å². The molecule has 0 saturated carbocycles. The highest BCUT2D eigenvalue weighted by Gasteiger charge is 2.11. The van der Waals surface area contributed by atoms with Crippen LogP contribution >= 0.6 is 0 Å². The van der Waals surface area contributed by atoms with Crippen LogP contribution in [0.25, 0.3) is 0 Å². The molecule has 0 aliphatic rings. The van der Waals surface area contributed by atoms with Crippen molar-refractivity contribution < 1.29 is 9.90 Å². The van der Waals surface area contributed by atoms with E-state index in [9.17, 15) is 9.90 Å². The van der Waals surface area contributed by atoms with Gasteiger partial charge in [-0.05, 0) is 58.8 Å². The number of nitrogens with zero attached hydrogens (tertiary/aromatic N) is 1. The number of hydrogen-bond acceptors (Lipinski definition) is 3. The van der Waals surface area contributed by atoms with Crippen LogP contribution < -0.4 is 5.32 Å². The third kappa shape index (κ3) is 4.85. The number of carbonyl (C=O) groups is 1. The summed E-state index contributed by atoms with van der Waals surface area (Å²) in [4.78, 5) is 13.5. The fourth-order valence-corrected chi connectivity index (χ4v) is 2.04. The summed E-state index contributed by atoms with van der Waals surface area (Å²) in [7, 11) is 2.13. The van der Waals surface area contributed by atoms with Crippen molar-refractivity contribution in [1.82, 2.24) is 4.90 Å². The minimum Gasteiger partial charge on any atom is -0.478 e. The highest BCUT2D eigenvalue weighted by Crippen LogP contribution is 2.20. The molecule has 0 spiro atoms. The minimum atomic E-state index is -0.879. The van der Waals surface area contributed by atoms with Crippen LogP contribution in [-0.2, 0) is 0 Å². The van der Waals surface area contributed by atoms with Gasteiger partial charge in [0.05, 0.1) is 11.3 Å². The summed E-state index contributed by atoms with van der Waals surface area (Å²) in [5.41, 5.74) is 2.07. The van der Waals surface area contributed by atoms with E-state index in [0.717, 1.165) is 37.2 Å². The molecule has 0 amide bonds. The maximum atomic E-state index is 11.2. The molecule has 0 atom stereocenters. The Morgan fingerprint density at radius 3 is 2.65 bits per heavy atom. The number of benzene rings is 1. The fraction of sp³-hybridized carbons (Fsp3) is 0.562. The number of unbranched alkanes of at least 4 members (excludes halogenated alkanes) is 1. The molecule has 0 saturated heterocycles. The molecule has 0 unspecified atom stereocenters. The summed E-state index contributed by atoms with van der Waals surface area (Å²) in [5.74, 6) is -0.879. The number of hydrogen-bond donors (Lipinski definition) is 2. The average molecular weight is 278 g/mol. The Kier molecular flexibility index (Phi) is 6.52. The molecule has 1 aromatic rings. The Morgan fingerprint density at radius 2 is 2.05 bits per heavy atom. The second-order valence-electron chi connectivity index (χ2n) is 5.51. The lowest BCUT2D eigenvalue weighted by molar-refractivity contribution is 0.0698. The van der Waals surface area contributed by atoms with Crippen molar-refractivity contribution in [3.63, 3.8) is 0 Å². The van der Waals surface area contributed by atoms with Crippen molar-refractivity contribution >= 4 is 11.7 Å². The number of rotatable bonds is 8. The van der Waals surface area contributed by atoms with Gasteiger partial charge in [-0.1, -0.05) is 12.1 Å². The van der Waals surface area contributed by atoms with Crippen molar-refractivity contribution in [3.8, 4) is 0 Å². The van der Waals surface area contributed by atoms with Crippen molar-refractivity contribution in [2.75, 3.05) is 25.5 Å². The molecule has 0 heterocycles. The minimum absolute atomic E-state index is 0.351. The van der Waals surface area contributed by atoms with Gasteiger partial charge in [0.1, 0.15) is 0 Å². The van der Waals surface area contributed by atoms with Gasteiger partial charge in [0, 0.05) is 12.6 Å². The Morgan fingerprint density at radius 1 is 1.35 bits per heavy atom. The summed E-state index contributed by atoms with van der Waals surface area (Å²) >= 11 is 0. The van der Waals surface area contributed by atoms with E-state index in [1.165, 1.54) is 0 Å². The molecule has 112 valence electrons. The zero-order valence-corrected chi connectivity index (χ0v) is 12.9. The second-order valence-corrected chi connectivity index (χ2v) is 5.51. The smallest absolute Gasteiger partial charge is 0.337 e. The van der Waals surface area contributed by atoms with Gasteiger partial charge in [-0.25, -0.2) is 4.79 Å². The molecule has 0 aliphatic carbocycles. The SMILES string of the molecule is Cc1cccc(C(=O)O)c1NCCCCN(C)C(C)C. The molecule has 0 aliphatic heterocycles. The zero-order chi connectivity index (χ0) is 15.1. The van der Waals surface area contributed by atoms with E-state index in [1.54, 1.807) is 12.1 Å². The molecule has 20 heavy (non-hydrogen) atoms. The largest absolute Gasteiger partial charge is 0.478 e. The summed E-state index contributed by atoms with van der Waals surface area (Å²) < 4.78 is 0. The number of aryl methyl sites for hydroxylation is 1. The molecular weight excluding hydrogens is 252 g/mol. The second kappa shape index (κ2) is 7.90. The van der Waals surface area contributed by atoms with E-state index >= 15 is 0 Å². The van der Waals surface area contributed by atoms with Gasteiger partial charge in [-0.15, -0.1) is 0 Å². The molecular formula is C16H26N2O2. The first-order valence-corrected chi connectivity index (χ1v) is 7.20. The first-order valence-electron chi connectivity index (χ1n) is 7.20. The quantitative estimate of drug-likeness (QED) is 0.717. The summed E-state index contributed by atoms with van der Waals surface area (Å²) in [6, 6.07) is 5.92. The van der Waals surface area contributed by atoms with Gasteiger partial charge in [0.25, 0.3) is 0 Å². The number of anilines is 1. The van der Waals surface area contributed by atoms with Crippen LogP contribution in [0.15, 0.2) is 18.2 Å². The molecule has 0 fully saturated rings. The maximum absolute atomic E-state index is 11.2. The molecule has 0 radical (unpaired) electrons. The average Bonchev–Trinajstić information content (AvgIpc) is 2.39. The van der Waals surface area contributed by atoms with Crippen molar-refractivity contribution in [1.29, 1.82) is 0 Å². The summed E-state index contributed by atoms with van der Waals surface area (Å²) in [5, 5.41) is 12.4. The molecule has 4 nitrogen and oxygen atoms in total. The predicted octanol–water partition coefficient (Wildman–Crippen LogP) is 3.23. The number of carboxylic acid groups (broad SMARTS) is 1. The Hall–Kier alpha value is -1.55. The zero-order valence-electron chi connectivity index (χ0n) is 12.9. The number of carboxylic acids is 1. The number of para-hydroxylation sites is 1. The predicted molar refractivity (Wildman–Crippen MR) is 83.6 cm³/mol. The molecule has 2 N–H and O–H groups in total. The summed E-state index contributed by atoms with van der Waals surface area (Å²) in [6.07, 6.45) is 2.14. The van der Waals surface area contributed by atoms with Gasteiger partial charge in [-0.3, -0.25) is 0 Å². The van der Waals surface area contributed by atoms with E-state index in [-0.39, 0.29) is 0 Å². The van der Waals surface area contributed by atoms with Crippen LogP contribution in [-0.4, -0.2) is 42.2 Å². The van der Waals surface area contributed by atoms with Crippen molar-refractivity contribution in [3.05, 3.63) is 29.3 Å². The van der Waals surface area contributed by atoms with E-state index in [2.05, 4.69) is 31.1 Å². The van der Waals surface area contributed by atoms with E-state index in [1.807, 2.05) is 13.0 Å². The molecule has 0 aromatic heterocycles. The van der Waals surface area contributed by atoms with Crippen LogP contribution in [0.1, 0.15) is 42.6 Å². The normalized spacial score (nSPS) is 11.1. The number of aromatic carboxylic acids is 1. The maximum Gasteiger partial charge on any atom is 0.337 e. The van der Waals surface area contributed by atoms with E-state index < -0.39 is 5.97 Å².